The minimum Gasteiger partial charge on any atom is -0.326 e. The summed E-state index contributed by atoms with van der Waals surface area (Å²) in [6.07, 6.45) is 0. The highest BCUT2D eigenvalue weighted by atomic mass is 32.2. The molecule has 1 aromatic rings. The zero-order chi connectivity index (χ0) is 14.2. The average molecular weight is 279 g/mol. The van der Waals surface area contributed by atoms with E-state index in [1.165, 1.54) is 16.4 Å². The van der Waals surface area contributed by atoms with Crippen LogP contribution in [-0.2, 0) is 10.0 Å². The molecule has 0 radical (unpaired) electrons. The van der Waals surface area contributed by atoms with E-state index in [-0.39, 0.29) is 16.9 Å². The topological polar surface area (TPSA) is 87.2 Å². The van der Waals surface area contributed by atoms with E-state index in [1.807, 2.05) is 13.0 Å². The van der Waals surface area contributed by atoms with Crippen molar-refractivity contribution in [3.8, 4) is 6.07 Å². The van der Waals surface area contributed by atoms with Crippen molar-refractivity contribution in [3.05, 3.63) is 29.3 Å². The summed E-state index contributed by atoms with van der Waals surface area (Å²) < 4.78 is 26.5. The Hall–Kier alpha value is -1.42. The second-order valence-corrected chi connectivity index (χ2v) is 6.96. The molecule has 102 valence electrons. The van der Waals surface area contributed by atoms with E-state index in [0.29, 0.717) is 24.2 Å². The van der Waals surface area contributed by atoms with Gasteiger partial charge in [-0.3, -0.25) is 0 Å². The number of nitriles is 1. The van der Waals surface area contributed by atoms with Crippen molar-refractivity contribution in [3.63, 3.8) is 0 Å². The van der Waals surface area contributed by atoms with Gasteiger partial charge in [-0.2, -0.15) is 9.57 Å². The highest BCUT2D eigenvalue weighted by molar-refractivity contribution is 7.89. The van der Waals surface area contributed by atoms with Gasteiger partial charge in [0.05, 0.1) is 16.5 Å². The van der Waals surface area contributed by atoms with E-state index in [0.717, 1.165) is 0 Å². The lowest BCUT2D eigenvalue weighted by Crippen LogP contribution is -2.32. The largest absolute Gasteiger partial charge is 0.326 e. The molecule has 6 heteroatoms. The summed E-state index contributed by atoms with van der Waals surface area (Å²) in [5, 5.41) is 8.81. The number of hydrogen-bond donors (Lipinski definition) is 1. The number of benzene rings is 1. The first-order valence-electron chi connectivity index (χ1n) is 6.12. The van der Waals surface area contributed by atoms with Crippen molar-refractivity contribution < 1.29 is 8.42 Å². The molecule has 0 saturated carbocycles. The summed E-state index contributed by atoms with van der Waals surface area (Å²) >= 11 is 0. The smallest absolute Gasteiger partial charge is 0.243 e. The lowest BCUT2D eigenvalue weighted by Gasteiger charge is -2.17. The van der Waals surface area contributed by atoms with Gasteiger partial charge in [0, 0.05) is 19.1 Å². The Labute approximate surface area is 113 Å². The molecule has 0 amide bonds. The predicted molar refractivity (Wildman–Crippen MR) is 71.8 cm³/mol. The zero-order valence-corrected chi connectivity index (χ0v) is 11.8. The van der Waals surface area contributed by atoms with Crippen LogP contribution in [-0.4, -0.2) is 31.9 Å². The van der Waals surface area contributed by atoms with Gasteiger partial charge < -0.3 is 5.73 Å². The van der Waals surface area contributed by atoms with Crippen LogP contribution in [0, 0.1) is 24.2 Å². The highest BCUT2D eigenvalue weighted by Gasteiger charge is 2.35. The van der Waals surface area contributed by atoms with Gasteiger partial charge in [-0.1, -0.05) is 6.92 Å². The van der Waals surface area contributed by atoms with Crippen LogP contribution in [0.25, 0.3) is 0 Å². The molecule has 2 unspecified atom stereocenters. The maximum absolute atomic E-state index is 12.5. The van der Waals surface area contributed by atoms with Crippen molar-refractivity contribution in [2.24, 2.45) is 11.7 Å². The van der Waals surface area contributed by atoms with E-state index >= 15 is 0 Å². The Balaban J connectivity index is 2.39. The first kappa shape index (κ1) is 14.0. The molecule has 2 atom stereocenters. The second kappa shape index (κ2) is 4.93. The molecule has 2 N–H and O–H groups in total. The monoisotopic (exact) mass is 279 g/mol. The Kier molecular flexibility index (Phi) is 3.63. The summed E-state index contributed by atoms with van der Waals surface area (Å²) in [5.74, 6) is 0.161. The molecule has 2 rings (SSSR count). The molecule has 0 aliphatic carbocycles. The molecule has 1 fully saturated rings. The maximum atomic E-state index is 12.5. The number of sulfonamides is 1. The third-order valence-corrected chi connectivity index (χ3v) is 5.55. The molecular weight excluding hydrogens is 262 g/mol. The summed E-state index contributed by atoms with van der Waals surface area (Å²) in [6, 6.07) is 6.50. The molecule has 1 heterocycles. The number of hydrogen-bond acceptors (Lipinski definition) is 4. The molecule has 0 spiro atoms. The lowest BCUT2D eigenvalue weighted by molar-refractivity contribution is 0.464. The van der Waals surface area contributed by atoms with Gasteiger partial charge in [-0.25, -0.2) is 8.42 Å². The first-order valence-corrected chi connectivity index (χ1v) is 7.56. The fraction of sp³-hybridized carbons (Fsp3) is 0.462. The standard InChI is InChI=1S/C13H17N3O2S/c1-9-5-11(6-14)3-4-13(9)19(17,18)16-7-10(2)12(15)8-16/h3-5,10,12H,7-8,15H2,1-2H3. The highest BCUT2D eigenvalue weighted by Crippen LogP contribution is 2.26. The van der Waals surface area contributed by atoms with Crippen molar-refractivity contribution in [2.45, 2.75) is 24.8 Å². The summed E-state index contributed by atoms with van der Waals surface area (Å²) in [5.41, 5.74) is 6.93. The van der Waals surface area contributed by atoms with Crippen LogP contribution >= 0.6 is 0 Å². The summed E-state index contributed by atoms with van der Waals surface area (Å²) in [4.78, 5) is 0.257. The molecule has 5 nitrogen and oxygen atoms in total. The van der Waals surface area contributed by atoms with E-state index in [2.05, 4.69) is 0 Å². The van der Waals surface area contributed by atoms with Gasteiger partial charge >= 0.3 is 0 Å². The van der Waals surface area contributed by atoms with Crippen LogP contribution in [0.3, 0.4) is 0 Å². The van der Waals surface area contributed by atoms with Gasteiger partial charge in [0.1, 0.15) is 0 Å². The van der Waals surface area contributed by atoms with E-state index in [1.54, 1.807) is 13.0 Å². The molecule has 0 bridgehead atoms. The van der Waals surface area contributed by atoms with Gasteiger partial charge in [-0.05, 0) is 36.6 Å². The van der Waals surface area contributed by atoms with Crippen LogP contribution in [0.5, 0.6) is 0 Å². The second-order valence-electron chi connectivity index (χ2n) is 5.06. The van der Waals surface area contributed by atoms with Crippen LogP contribution in [0.4, 0.5) is 0 Å². The fourth-order valence-electron chi connectivity index (χ4n) is 2.29. The number of nitrogens with two attached hydrogens (primary N) is 1. The number of aryl methyl sites for hydroxylation is 1. The normalized spacial score (nSPS) is 24.3. The molecular formula is C13H17N3O2S. The molecule has 1 aromatic carbocycles. The number of nitrogens with zero attached hydrogens (tertiary/aromatic N) is 2. The van der Waals surface area contributed by atoms with Gasteiger partial charge in [0.15, 0.2) is 0 Å². The Morgan fingerprint density at radius 1 is 1.42 bits per heavy atom. The van der Waals surface area contributed by atoms with E-state index in [9.17, 15) is 8.42 Å². The Morgan fingerprint density at radius 2 is 2.11 bits per heavy atom. The van der Waals surface area contributed by atoms with Crippen LogP contribution in [0.1, 0.15) is 18.1 Å². The van der Waals surface area contributed by atoms with Crippen molar-refractivity contribution in [2.75, 3.05) is 13.1 Å². The van der Waals surface area contributed by atoms with Crippen molar-refractivity contribution in [1.29, 1.82) is 5.26 Å². The SMILES string of the molecule is Cc1cc(C#N)ccc1S(=O)(=O)N1CC(C)C(N)C1. The van der Waals surface area contributed by atoms with Crippen LogP contribution < -0.4 is 5.73 Å². The molecule has 0 aromatic heterocycles. The molecule has 1 aliphatic heterocycles. The third kappa shape index (κ3) is 2.50. The molecule has 1 aliphatic rings. The van der Waals surface area contributed by atoms with Crippen molar-refractivity contribution in [1.82, 2.24) is 4.31 Å². The minimum absolute atomic E-state index is 0.117. The lowest BCUT2D eigenvalue weighted by atomic mass is 10.1. The van der Waals surface area contributed by atoms with Gasteiger partial charge in [0.25, 0.3) is 0 Å². The number of rotatable bonds is 2. The minimum atomic E-state index is -3.52. The fourth-order valence-corrected chi connectivity index (χ4v) is 4.07. The Morgan fingerprint density at radius 3 is 2.58 bits per heavy atom. The van der Waals surface area contributed by atoms with E-state index in [4.69, 9.17) is 11.0 Å². The van der Waals surface area contributed by atoms with Crippen LogP contribution in [0.15, 0.2) is 23.1 Å². The quantitative estimate of drug-likeness (QED) is 0.868. The predicted octanol–water partition coefficient (Wildman–Crippen LogP) is 0.834. The molecule has 19 heavy (non-hydrogen) atoms. The summed E-state index contributed by atoms with van der Waals surface area (Å²) in [6.45, 7) is 4.45. The molecule has 1 saturated heterocycles. The third-order valence-electron chi connectivity index (χ3n) is 3.56. The Bertz CT molecular complexity index is 624. The maximum Gasteiger partial charge on any atom is 0.243 e. The first-order chi connectivity index (χ1) is 8.86. The van der Waals surface area contributed by atoms with Crippen molar-refractivity contribution >= 4 is 10.0 Å². The average Bonchev–Trinajstić information content (AvgIpc) is 2.70. The zero-order valence-electron chi connectivity index (χ0n) is 11.0. The van der Waals surface area contributed by atoms with Crippen LogP contribution in [0.2, 0.25) is 0 Å². The van der Waals surface area contributed by atoms with Gasteiger partial charge in [0.2, 0.25) is 10.0 Å². The van der Waals surface area contributed by atoms with Gasteiger partial charge in [-0.15, -0.1) is 0 Å². The summed E-state index contributed by atoms with van der Waals surface area (Å²) in [7, 11) is -3.52. The van der Waals surface area contributed by atoms with E-state index < -0.39 is 10.0 Å².